The number of aryl methyl sites for hydroxylation is 1. The Hall–Kier alpha value is -1.63. The lowest BCUT2D eigenvalue weighted by Gasteiger charge is -2.22. The maximum Gasteiger partial charge on any atom is 0.224 e. The normalized spacial score (nSPS) is 24.1. The lowest BCUT2D eigenvalue weighted by molar-refractivity contribution is 0.454. The summed E-state index contributed by atoms with van der Waals surface area (Å²) in [6.45, 7) is 4.17. The van der Waals surface area contributed by atoms with Crippen molar-refractivity contribution >= 4 is 5.95 Å². The molecule has 1 aromatic heterocycles. The fourth-order valence-corrected chi connectivity index (χ4v) is 2.56. The molecule has 1 N–H and O–H groups in total. The number of anilines is 1. The van der Waals surface area contributed by atoms with E-state index in [0.717, 1.165) is 5.69 Å². The first-order chi connectivity index (χ1) is 8.69. The van der Waals surface area contributed by atoms with Crippen LogP contribution in [-0.2, 0) is 0 Å². The van der Waals surface area contributed by atoms with E-state index in [2.05, 4.69) is 28.3 Å². The highest BCUT2D eigenvalue weighted by Crippen LogP contribution is 2.25. The SMILES string of the molecule is Cc1cc(C#N)nc(NC2CCCCCC2C)n1. The summed E-state index contributed by atoms with van der Waals surface area (Å²) in [6.07, 6.45) is 6.33. The van der Waals surface area contributed by atoms with Crippen molar-refractivity contribution in [3.8, 4) is 6.07 Å². The number of hydrogen-bond acceptors (Lipinski definition) is 4. The van der Waals surface area contributed by atoms with Crippen LogP contribution in [0.15, 0.2) is 6.07 Å². The average Bonchev–Trinajstić information content (AvgIpc) is 2.54. The number of nitrogens with one attached hydrogen (secondary N) is 1. The molecule has 1 fully saturated rings. The van der Waals surface area contributed by atoms with Gasteiger partial charge in [0.05, 0.1) is 0 Å². The molecule has 2 atom stereocenters. The monoisotopic (exact) mass is 244 g/mol. The number of nitriles is 1. The fourth-order valence-electron chi connectivity index (χ4n) is 2.56. The number of aromatic nitrogens is 2. The summed E-state index contributed by atoms with van der Waals surface area (Å²) >= 11 is 0. The van der Waals surface area contributed by atoms with E-state index in [1.165, 1.54) is 32.1 Å². The molecule has 0 saturated heterocycles. The zero-order valence-corrected chi connectivity index (χ0v) is 11.1. The van der Waals surface area contributed by atoms with E-state index in [4.69, 9.17) is 5.26 Å². The molecule has 0 spiro atoms. The van der Waals surface area contributed by atoms with Gasteiger partial charge in [0.1, 0.15) is 11.8 Å². The first kappa shape index (κ1) is 12.8. The second kappa shape index (κ2) is 5.81. The van der Waals surface area contributed by atoms with Crippen LogP contribution in [-0.4, -0.2) is 16.0 Å². The van der Waals surface area contributed by atoms with Crippen molar-refractivity contribution in [1.82, 2.24) is 9.97 Å². The molecule has 1 aliphatic rings. The van der Waals surface area contributed by atoms with Gasteiger partial charge in [-0.15, -0.1) is 0 Å². The molecule has 0 bridgehead atoms. The Labute approximate surface area is 108 Å². The minimum absolute atomic E-state index is 0.431. The van der Waals surface area contributed by atoms with E-state index in [1.807, 2.05) is 6.92 Å². The van der Waals surface area contributed by atoms with Gasteiger partial charge in [-0.05, 0) is 31.7 Å². The van der Waals surface area contributed by atoms with Gasteiger partial charge >= 0.3 is 0 Å². The maximum absolute atomic E-state index is 8.92. The molecular formula is C14H20N4. The summed E-state index contributed by atoms with van der Waals surface area (Å²) in [5, 5.41) is 12.3. The van der Waals surface area contributed by atoms with Crippen molar-refractivity contribution in [2.75, 3.05) is 5.32 Å². The van der Waals surface area contributed by atoms with E-state index in [0.29, 0.717) is 23.6 Å². The summed E-state index contributed by atoms with van der Waals surface area (Å²) in [5.41, 5.74) is 1.27. The minimum Gasteiger partial charge on any atom is -0.351 e. The molecule has 4 heteroatoms. The fraction of sp³-hybridized carbons (Fsp3) is 0.643. The van der Waals surface area contributed by atoms with Gasteiger partial charge in [-0.3, -0.25) is 0 Å². The standard InChI is InChI=1S/C14H20N4/c1-10-6-4-3-5-7-13(10)18-14-16-11(2)8-12(9-15)17-14/h8,10,13H,3-7H2,1-2H3,(H,16,17,18). The first-order valence-corrected chi connectivity index (χ1v) is 6.71. The van der Waals surface area contributed by atoms with Crippen LogP contribution in [0.1, 0.15) is 50.4 Å². The molecule has 0 amide bonds. The van der Waals surface area contributed by atoms with E-state index in [1.54, 1.807) is 6.07 Å². The van der Waals surface area contributed by atoms with E-state index in [9.17, 15) is 0 Å². The Kier molecular flexibility index (Phi) is 4.14. The Balaban J connectivity index is 2.12. The second-order valence-corrected chi connectivity index (χ2v) is 5.20. The van der Waals surface area contributed by atoms with Crippen LogP contribution < -0.4 is 5.32 Å². The Morgan fingerprint density at radius 1 is 1.28 bits per heavy atom. The van der Waals surface area contributed by atoms with Crippen LogP contribution >= 0.6 is 0 Å². The molecule has 1 aliphatic carbocycles. The van der Waals surface area contributed by atoms with Crippen LogP contribution in [0.5, 0.6) is 0 Å². The lowest BCUT2D eigenvalue weighted by Crippen LogP contribution is -2.27. The highest BCUT2D eigenvalue weighted by Gasteiger charge is 2.20. The third-order valence-corrected chi connectivity index (χ3v) is 3.64. The molecular weight excluding hydrogens is 224 g/mol. The topological polar surface area (TPSA) is 61.6 Å². The van der Waals surface area contributed by atoms with Crippen LogP contribution in [0, 0.1) is 24.2 Å². The van der Waals surface area contributed by atoms with Gasteiger partial charge in [0.25, 0.3) is 0 Å². The van der Waals surface area contributed by atoms with Gasteiger partial charge < -0.3 is 5.32 Å². The van der Waals surface area contributed by atoms with E-state index >= 15 is 0 Å². The smallest absolute Gasteiger partial charge is 0.224 e. The van der Waals surface area contributed by atoms with E-state index < -0.39 is 0 Å². The number of rotatable bonds is 2. The quantitative estimate of drug-likeness (QED) is 0.812. The van der Waals surface area contributed by atoms with Gasteiger partial charge in [0, 0.05) is 11.7 Å². The van der Waals surface area contributed by atoms with Crippen LogP contribution in [0.25, 0.3) is 0 Å². The van der Waals surface area contributed by atoms with Crippen molar-refractivity contribution in [3.63, 3.8) is 0 Å². The second-order valence-electron chi connectivity index (χ2n) is 5.20. The Bertz CT molecular complexity index is 450. The van der Waals surface area contributed by atoms with Crippen molar-refractivity contribution < 1.29 is 0 Å². The average molecular weight is 244 g/mol. The van der Waals surface area contributed by atoms with Crippen molar-refractivity contribution in [2.45, 2.75) is 52.0 Å². The van der Waals surface area contributed by atoms with Gasteiger partial charge in [0.15, 0.2) is 0 Å². The zero-order valence-electron chi connectivity index (χ0n) is 11.1. The lowest BCUT2D eigenvalue weighted by atomic mass is 9.97. The molecule has 96 valence electrons. The van der Waals surface area contributed by atoms with Crippen molar-refractivity contribution in [1.29, 1.82) is 5.26 Å². The van der Waals surface area contributed by atoms with Crippen LogP contribution in [0.4, 0.5) is 5.95 Å². The third-order valence-electron chi connectivity index (χ3n) is 3.64. The molecule has 1 aromatic rings. The van der Waals surface area contributed by atoms with Crippen LogP contribution in [0.2, 0.25) is 0 Å². The van der Waals surface area contributed by atoms with E-state index in [-0.39, 0.29) is 0 Å². The molecule has 2 rings (SSSR count). The number of nitrogens with zero attached hydrogens (tertiary/aromatic N) is 3. The van der Waals surface area contributed by atoms with Gasteiger partial charge in [-0.2, -0.15) is 5.26 Å². The highest BCUT2D eigenvalue weighted by molar-refractivity contribution is 5.34. The van der Waals surface area contributed by atoms with Gasteiger partial charge in [-0.25, -0.2) is 9.97 Å². The predicted octanol–water partition coefficient (Wildman–Crippen LogP) is 3.04. The molecule has 1 saturated carbocycles. The highest BCUT2D eigenvalue weighted by atomic mass is 15.1. The predicted molar refractivity (Wildman–Crippen MR) is 71.1 cm³/mol. The molecule has 0 aromatic carbocycles. The summed E-state index contributed by atoms with van der Waals surface area (Å²) in [7, 11) is 0. The maximum atomic E-state index is 8.92. The Morgan fingerprint density at radius 2 is 2.06 bits per heavy atom. The Morgan fingerprint density at radius 3 is 2.83 bits per heavy atom. The molecule has 1 heterocycles. The summed E-state index contributed by atoms with van der Waals surface area (Å²) in [5.74, 6) is 1.24. The molecule has 18 heavy (non-hydrogen) atoms. The molecule has 2 unspecified atom stereocenters. The van der Waals surface area contributed by atoms with Crippen molar-refractivity contribution in [2.24, 2.45) is 5.92 Å². The van der Waals surface area contributed by atoms with Gasteiger partial charge in [0.2, 0.25) is 5.95 Å². The summed E-state index contributed by atoms with van der Waals surface area (Å²) in [4.78, 5) is 8.60. The summed E-state index contributed by atoms with van der Waals surface area (Å²) in [6, 6.07) is 4.22. The van der Waals surface area contributed by atoms with Crippen LogP contribution in [0.3, 0.4) is 0 Å². The number of hydrogen-bond donors (Lipinski definition) is 1. The zero-order chi connectivity index (χ0) is 13.0. The molecule has 0 radical (unpaired) electrons. The van der Waals surface area contributed by atoms with Gasteiger partial charge in [-0.1, -0.05) is 26.2 Å². The van der Waals surface area contributed by atoms with Crippen molar-refractivity contribution in [3.05, 3.63) is 17.5 Å². The minimum atomic E-state index is 0.431. The largest absolute Gasteiger partial charge is 0.351 e. The molecule has 4 nitrogen and oxygen atoms in total. The molecule has 0 aliphatic heterocycles. The first-order valence-electron chi connectivity index (χ1n) is 6.71. The third kappa shape index (κ3) is 3.19. The summed E-state index contributed by atoms with van der Waals surface area (Å²) < 4.78 is 0.